The van der Waals surface area contributed by atoms with Crippen LogP contribution in [0, 0.1) is 0 Å². The standard InChI is InChI=1S/C10H5ClF3N/c11-7-3-4-8-6(2-1-5-15-8)9(7)10(12,13)14/h1-5H. The van der Waals surface area contributed by atoms with Crippen molar-refractivity contribution in [3.63, 3.8) is 0 Å². The largest absolute Gasteiger partial charge is 0.418 e. The first kappa shape index (κ1) is 10.2. The summed E-state index contributed by atoms with van der Waals surface area (Å²) in [6, 6.07) is 5.48. The molecule has 1 aromatic carbocycles. The molecule has 0 spiro atoms. The molecule has 0 atom stereocenters. The van der Waals surface area contributed by atoms with Crippen LogP contribution in [0.25, 0.3) is 10.9 Å². The highest BCUT2D eigenvalue weighted by molar-refractivity contribution is 6.32. The predicted octanol–water partition coefficient (Wildman–Crippen LogP) is 3.91. The molecule has 1 nitrogen and oxygen atoms in total. The van der Waals surface area contributed by atoms with Crippen LogP contribution in [-0.2, 0) is 6.18 Å². The van der Waals surface area contributed by atoms with Crippen molar-refractivity contribution in [3.8, 4) is 0 Å². The Morgan fingerprint density at radius 3 is 2.53 bits per heavy atom. The van der Waals surface area contributed by atoms with Crippen LogP contribution in [0.3, 0.4) is 0 Å². The van der Waals surface area contributed by atoms with Gasteiger partial charge in [0.2, 0.25) is 0 Å². The van der Waals surface area contributed by atoms with E-state index in [4.69, 9.17) is 11.6 Å². The lowest BCUT2D eigenvalue weighted by molar-refractivity contribution is -0.136. The molecule has 0 saturated carbocycles. The van der Waals surface area contributed by atoms with Crippen LogP contribution in [-0.4, -0.2) is 4.98 Å². The van der Waals surface area contributed by atoms with Crippen molar-refractivity contribution in [1.29, 1.82) is 0 Å². The van der Waals surface area contributed by atoms with Crippen molar-refractivity contribution in [1.82, 2.24) is 4.98 Å². The molecular formula is C10H5ClF3N. The Bertz CT molecular complexity index is 507. The predicted molar refractivity (Wildman–Crippen MR) is 51.8 cm³/mol. The molecule has 15 heavy (non-hydrogen) atoms. The fourth-order valence-electron chi connectivity index (χ4n) is 1.41. The van der Waals surface area contributed by atoms with E-state index in [1.165, 1.54) is 30.5 Å². The average Bonchev–Trinajstić information content (AvgIpc) is 2.15. The molecule has 0 aliphatic heterocycles. The smallest absolute Gasteiger partial charge is 0.256 e. The van der Waals surface area contributed by atoms with Crippen molar-refractivity contribution in [2.45, 2.75) is 6.18 Å². The Morgan fingerprint density at radius 1 is 1.13 bits per heavy atom. The molecule has 0 N–H and O–H groups in total. The maximum atomic E-state index is 12.7. The highest BCUT2D eigenvalue weighted by atomic mass is 35.5. The van der Waals surface area contributed by atoms with E-state index in [2.05, 4.69) is 4.98 Å². The minimum absolute atomic E-state index is 0.0255. The molecule has 0 aliphatic carbocycles. The van der Waals surface area contributed by atoms with E-state index in [9.17, 15) is 13.2 Å². The van der Waals surface area contributed by atoms with Crippen molar-refractivity contribution < 1.29 is 13.2 Å². The van der Waals surface area contributed by atoms with Crippen LogP contribution in [0.5, 0.6) is 0 Å². The highest BCUT2D eigenvalue weighted by Crippen LogP contribution is 2.38. The molecule has 0 radical (unpaired) electrons. The van der Waals surface area contributed by atoms with Gasteiger partial charge in [-0.2, -0.15) is 13.2 Å². The van der Waals surface area contributed by atoms with E-state index in [1.54, 1.807) is 0 Å². The second-order valence-electron chi connectivity index (χ2n) is 2.99. The third kappa shape index (κ3) is 1.77. The fourth-order valence-corrected chi connectivity index (χ4v) is 1.69. The van der Waals surface area contributed by atoms with Crippen LogP contribution < -0.4 is 0 Å². The Kier molecular flexibility index (Phi) is 2.31. The number of pyridine rings is 1. The van der Waals surface area contributed by atoms with E-state index >= 15 is 0 Å². The fraction of sp³-hybridized carbons (Fsp3) is 0.100. The van der Waals surface area contributed by atoms with Crippen LogP contribution >= 0.6 is 11.6 Å². The molecule has 2 rings (SSSR count). The lowest BCUT2D eigenvalue weighted by atomic mass is 10.1. The number of nitrogens with zero attached hydrogens (tertiary/aromatic N) is 1. The number of aromatic nitrogens is 1. The van der Waals surface area contributed by atoms with Crippen molar-refractivity contribution in [2.24, 2.45) is 0 Å². The van der Waals surface area contributed by atoms with Gasteiger partial charge in [0, 0.05) is 11.6 Å². The van der Waals surface area contributed by atoms with E-state index in [0.29, 0.717) is 0 Å². The molecule has 0 fully saturated rings. The van der Waals surface area contributed by atoms with Gasteiger partial charge in [-0.1, -0.05) is 17.7 Å². The molecule has 2 aromatic rings. The summed E-state index contributed by atoms with van der Waals surface area (Å²) >= 11 is 5.54. The summed E-state index contributed by atoms with van der Waals surface area (Å²) in [6.45, 7) is 0. The molecule has 78 valence electrons. The first-order valence-corrected chi connectivity index (χ1v) is 4.48. The van der Waals surface area contributed by atoms with Crippen LogP contribution in [0.2, 0.25) is 5.02 Å². The number of hydrogen-bond acceptors (Lipinski definition) is 1. The molecular weight excluding hydrogens is 227 g/mol. The number of alkyl halides is 3. The number of halogens is 4. The second-order valence-corrected chi connectivity index (χ2v) is 3.40. The normalized spacial score (nSPS) is 12.0. The van der Waals surface area contributed by atoms with Gasteiger partial charge in [0.15, 0.2) is 0 Å². The van der Waals surface area contributed by atoms with Gasteiger partial charge in [-0.15, -0.1) is 0 Å². The lowest BCUT2D eigenvalue weighted by Gasteiger charge is -2.11. The molecule has 0 bridgehead atoms. The average molecular weight is 232 g/mol. The summed E-state index contributed by atoms with van der Waals surface area (Å²) in [5, 5.41) is -0.277. The Labute approximate surface area is 88.5 Å². The SMILES string of the molecule is FC(F)(F)c1c(Cl)ccc2ncccc12. The Balaban J connectivity index is 2.86. The second kappa shape index (κ2) is 3.38. The topological polar surface area (TPSA) is 12.9 Å². The third-order valence-electron chi connectivity index (χ3n) is 2.02. The van der Waals surface area contributed by atoms with E-state index in [-0.39, 0.29) is 15.9 Å². The molecule has 0 aliphatic rings. The maximum absolute atomic E-state index is 12.7. The van der Waals surface area contributed by atoms with Gasteiger partial charge in [-0.3, -0.25) is 4.98 Å². The van der Waals surface area contributed by atoms with E-state index in [1.807, 2.05) is 0 Å². The number of fused-ring (bicyclic) bond motifs is 1. The minimum Gasteiger partial charge on any atom is -0.256 e. The molecule has 0 saturated heterocycles. The van der Waals surface area contributed by atoms with E-state index in [0.717, 1.165) is 0 Å². The molecule has 1 aromatic heterocycles. The van der Waals surface area contributed by atoms with Gasteiger partial charge in [-0.05, 0) is 18.2 Å². The zero-order chi connectivity index (χ0) is 11.1. The van der Waals surface area contributed by atoms with Crippen molar-refractivity contribution in [2.75, 3.05) is 0 Å². The molecule has 1 heterocycles. The lowest BCUT2D eigenvalue weighted by Crippen LogP contribution is -2.07. The monoisotopic (exact) mass is 231 g/mol. The minimum atomic E-state index is -4.46. The van der Waals surface area contributed by atoms with Crippen LogP contribution in [0.4, 0.5) is 13.2 Å². The van der Waals surface area contributed by atoms with Gasteiger partial charge in [-0.25, -0.2) is 0 Å². The molecule has 0 unspecified atom stereocenters. The zero-order valence-corrected chi connectivity index (χ0v) is 8.10. The Hall–Kier alpha value is -1.29. The number of rotatable bonds is 0. The first-order chi connectivity index (χ1) is 7.00. The summed E-state index contributed by atoms with van der Waals surface area (Å²) in [5.74, 6) is 0. The van der Waals surface area contributed by atoms with Crippen LogP contribution in [0.15, 0.2) is 30.5 Å². The van der Waals surface area contributed by atoms with Crippen LogP contribution in [0.1, 0.15) is 5.56 Å². The quantitative estimate of drug-likeness (QED) is 0.670. The Morgan fingerprint density at radius 2 is 1.87 bits per heavy atom. The number of hydrogen-bond donors (Lipinski definition) is 0. The molecule has 0 amide bonds. The summed E-state index contributed by atoms with van der Waals surface area (Å²) in [7, 11) is 0. The van der Waals surface area contributed by atoms with Gasteiger partial charge in [0.25, 0.3) is 0 Å². The van der Waals surface area contributed by atoms with Crippen molar-refractivity contribution >= 4 is 22.5 Å². The highest BCUT2D eigenvalue weighted by Gasteiger charge is 2.35. The maximum Gasteiger partial charge on any atom is 0.418 e. The number of benzene rings is 1. The van der Waals surface area contributed by atoms with Gasteiger partial charge < -0.3 is 0 Å². The van der Waals surface area contributed by atoms with E-state index < -0.39 is 11.7 Å². The third-order valence-corrected chi connectivity index (χ3v) is 2.33. The summed E-state index contributed by atoms with van der Waals surface area (Å²) in [4.78, 5) is 3.84. The van der Waals surface area contributed by atoms with Gasteiger partial charge in [0.1, 0.15) is 0 Å². The molecule has 5 heteroatoms. The van der Waals surface area contributed by atoms with Gasteiger partial charge in [0.05, 0.1) is 16.1 Å². The van der Waals surface area contributed by atoms with Crippen molar-refractivity contribution in [3.05, 3.63) is 41.0 Å². The summed E-state index contributed by atoms with van der Waals surface area (Å²) < 4.78 is 38.0. The van der Waals surface area contributed by atoms with Gasteiger partial charge >= 0.3 is 6.18 Å². The first-order valence-electron chi connectivity index (χ1n) is 4.10. The summed E-state index contributed by atoms with van der Waals surface area (Å²) in [6.07, 6.45) is -3.02. The zero-order valence-electron chi connectivity index (χ0n) is 7.35. The summed E-state index contributed by atoms with van der Waals surface area (Å²) in [5.41, 5.74) is -0.538.